The SMILES string of the molecule is CCc1ccc2c(c1)C(CCNC(=O)[C@H]1NCCO[C@@H]1C)C(=O)N2. The molecule has 0 spiro atoms. The Labute approximate surface area is 142 Å². The number of fused-ring (bicyclic) bond motifs is 1. The first-order valence-electron chi connectivity index (χ1n) is 8.66. The van der Waals surface area contributed by atoms with Crippen molar-refractivity contribution in [3.8, 4) is 0 Å². The predicted octanol–water partition coefficient (Wildman–Crippen LogP) is 1.17. The van der Waals surface area contributed by atoms with Crippen molar-refractivity contribution in [1.29, 1.82) is 0 Å². The first-order chi connectivity index (χ1) is 11.6. The molecule has 1 aromatic carbocycles. The van der Waals surface area contributed by atoms with Crippen LogP contribution in [-0.4, -0.2) is 43.7 Å². The number of hydrogen-bond donors (Lipinski definition) is 3. The number of carbonyl (C=O) groups excluding carboxylic acids is 2. The highest BCUT2D eigenvalue weighted by atomic mass is 16.5. The first-order valence-corrected chi connectivity index (χ1v) is 8.66. The van der Waals surface area contributed by atoms with Gasteiger partial charge in [0.25, 0.3) is 0 Å². The highest BCUT2D eigenvalue weighted by molar-refractivity contribution is 6.03. The number of morpholine rings is 1. The van der Waals surface area contributed by atoms with E-state index in [1.807, 2.05) is 19.1 Å². The van der Waals surface area contributed by atoms with Crippen LogP contribution in [0.4, 0.5) is 5.69 Å². The molecule has 0 saturated carbocycles. The second-order valence-corrected chi connectivity index (χ2v) is 6.40. The van der Waals surface area contributed by atoms with E-state index in [1.165, 1.54) is 5.56 Å². The van der Waals surface area contributed by atoms with E-state index in [-0.39, 0.29) is 29.9 Å². The average Bonchev–Trinajstić information content (AvgIpc) is 2.90. The lowest BCUT2D eigenvalue weighted by Crippen LogP contribution is -2.55. The Kier molecular flexibility index (Phi) is 5.16. The zero-order valence-electron chi connectivity index (χ0n) is 14.2. The van der Waals surface area contributed by atoms with Gasteiger partial charge in [-0.1, -0.05) is 19.1 Å². The summed E-state index contributed by atoms with van der Waals surface area (Å²) in [5, 5.41) is 9.02. The van der Waals surface area contributed by atoms with Crippen LogP contribution in [0.25, 0.3) is 0 Å². The molecular formula is C18H25N3O3. The summed E-state index contributed by atoms with van der Waals surface area (Å²) in [7, 11) is 0. The van der Waals surface area contributed by atoms with Crippen LogP contribution in [0.2, 0.25) is 0 Å². The Balaban J connectivity index is 1.57. The summed E-state index contributed by atoms with van der Waals surface area (Å²) in [4.78, 5) is 24.5. The number of benzene rings is 1. The Morgan fingerprint density at radius 2 is 2.25 bits per heavy atom. The molecule has 0 aliphatic carbocycles. The summed E-state index contributed by atoms with van der Waals surface area (Å²) in [6.45, 7) is 5.77. The van der Waals surface area contributed by atoms with E-state index in [9.17, 15) is 9.59 Å². The van der Waals surface area contributed by atoms with Gasteiger partial charge in [0.1, 0.15) is 6.04 Å². The lowest BCUT2D eigenvalue weighted by Gasteiger charge is -2.29. The van der Waals surface area contributed by atoms with E-state index in [4.69, 9.17) is 4.74 Å². The van der Waals surface area contributed by atoms with E-state index in [0.29, 0.717) is 26.1 Å². The predicted molar refractivity (Wildman–Crippen MR) is 92.0 cm³/mol. The average molecular weight is 331 g/mol. The number of aryl methyl sites for hydroxylation is 1. The monoisotopic (exact) mass is 331 g/mol. The fraction of sp³-hybridized carbons (Fsp3) is 0.556. The lowest BCUT2D eigenvalue weighted by molar-refractivity contribution is -0.129. The zero-order valence-corrected chi connectivity index (χ0v) is 14.2. The van der Waals surface area contributed by atoms with Crippen molar-refractivity contribution in [3.05, 3.63) is 29.3 Å². The Morgan fingerprint density at radius 3 is 3.00 bits per heavy atom. The van der Waals surface area contributed by atoms with Gasteiger partial charge in [0.2, 0.25) is 11.8 Å². The molecule has 6 heteroatoms. The Morgan fingerprint density at radius 1 is 1.42 bits per heavy atom. The van der Waals surface area contributed by atoms with Crippen LogP contribution < -0.4 is 16.0 Å². The van der Waals surface area contributed by atoms with Crippen molar-refractivity contribution in [2.45, 2.75) is 44.8 Å². The van der Waals surface area contributed by atoms with Crippen LogP contribution in [0.5, 0.6) is 0 Å². The van der Waals surface area contributed by atoms with Gasteiger partial charge in [-0.05, 0) is 37.0 Å². The van der Waals surface area contributed by atoms with Gasteiger partial charge in [-0.3, -0.25) is 9.59 Å². The summed E-state index contributed by atoms with van der Waals surface area (Å²) in [5.41, 5.74) is 3.15. The summed E-state index contributed by atoms with van der Waals surface area (Å²) < 4.78 is 5.49. The van der Waals surface area contributed by atoms with Crippen LogP contribution >= 0.6 is 0 Å². The molecule has 1 unspecified atom stereocenters. The van der Waals surface area contributed by atoms with E-state index in [1.54, 1.807) is 0 Å². The van der Waals surface area contributed by atoms with Crippen LogP contribution in [0, 0.1) is 0 Å². The normalized spacial score (nSPS) is 25.9. The maximum absolute atomic E-state index is 12.3. The number of rotatable bonds is 5. The van der Waals surface area contributed by atoms with Crippen LogP contribution in [0.1, 0.15) is 37.3 Å². The molecule has 2 amide bonds. The van der Waals surface area contributed by atoms with E-state index >= 15 is 0 Å². The lowest BCUT2D eigenvalue weighted by atomic mass is 9.95. The number of nitrogens with one attached hydrogen (secondary N) is 3. The van der Waals surface area contributed by atoms with Gasteiger partial charge in [0.05, 0.1) is 18.6 Å². The molecule has 3 atom stereocenters. The molecular weight excluding hydrogens is 306 g/mol. The number of hydrogen-bond acceptors (Lipinski definition) is 4. The van der Waals surface area contributed by atoms with Crippen molar-refractivity contribution in [2.75, 3.05) is 25.0 Å². The van der Waals surface area contributed by atoms with Crippen molar-refractivity contribution >= 4 is 17.5 Å². The number of carbonyl (C=O) groups is 2. The van der Waals surface area contributed by atoms with Crippen molar-refractivity contribution in [1.82, 2.24) is 10.6 Å². The van der Waals surface area contributed by atoms with Crippen LogP contribution in [0.15, 0.2) is 18.2 Å². The van der Waals surface area contributed by atoms with Gasteiger partial charge in [-0.2, -0.15) is 0 Å². The number of anilines is 1. The topological polar surface area (TPSA) is 79.5 Å². The van der Waals surface area contributed by atoms with Crippen LogP contribution in [-0.2, 0) is 20.7 Å². The highest BCUT2D eigenvalue weighted by Crippen LogP contribution is 2.35. The standard InChI is InChI=1S/C18H25N3O3/c1-3-12-4-5-15-14(10-12)13(17(22)21-15)6-7-20-18(23)16-11(2)24-9-8-19-16/h4-5,10-11,13,16,19H,3,6-9H2,1-2H3,(H,20,23)(H,21,22)/t11-,13?,16+/m1/s1. The molecule has 1 saturated heterocycles. The Hall–Kier alpha value is -1.92. The third kappa shape index (κ3) is 3.44. The molecule has 1 aromatic rings. The molecule has 3 N–H and O–H groups in total. The molecule has 2 aliphatic heterocycles. The summed E-state index contributed by atoms with van der Waals surface area (Å²) >= 11 is 0. The second kappa shape index (κ2) is 7.32. The largest absolute Gasteiger partial charge is 0.375 e. The summed E-state index contributed by atoms with van der Waals surface area (Å²) in [6.07, 6.45) is 1.40. The maximum Gasteiger partial charge on any atom is 0.239 e. The molecule has 6 nitrogen and oxygen atoms in total. The molecule has 0 radical (unpaired) electrons. The smallest absolute Gasteiger partial charge is 0.239 e. The molecule has 0 bridgehead atoms. The van der Waals surface area contributed by atoms with Gasteiger partial charge < -0.3 is 20.7 Å². The summed E-state index contributed by atoms with van der Waals surface area (Å²) in [5.74, 6) is -0.247. The van der Waals surface area contributed by atoms with Gasteiger partial charge in [0.15, 0.2) is 0 Å². The third-order valence-electron chi connectivity index (χ3n) is 4.81. The fourth-order valence-electron chi connectivity index (χ4n) is 3.36. The van der Waals surface area contributed by atoms with E-state index in [2.05, 4.69) is 28.9 Å². The van der Waals surface area contributed by atoms with E-state index < -0.39 is 0 Å². The van der Waals surface area contributed by atoms with Crippen molar-refractivity contribution in [2.24, 2.45) is 0 Å². The van der Waals surface area contributed by atoms with Gasteiger partial charge in [0, 0.05) is 18.8 Å². The molecule has 130 valence electrons. The highest BCUT2D eigenvalue weighted by Gasteiger charge is 2.31. The van der Waals surface area contributed by atoms with Crippen molar-refractivity contribution < 1.29 is 14.3 Å². The molecule has 0 aromatic heterocycles. The molecule has 3 rings (SSSR count). The van der Waals surface area contributed by atoms with Crippen molar-refractivity contribution in [3.63, 3.8) is 0 Å². The molecule has 1 fully saturated rings. The van der Waals surface area contributed by atoms with Crippen LogP contribution in [0.3, 0.4) is 0 Å². The van der Waals surface area contributed by atoms with Gasteiger partial charge in [-0.15, -0.1) is 0 Å². The number of ether oxygens (including phenoxy) is 1. The van der Waals surface area contributed by atoms with Gasteiger partial charge >= 0.3 is 0 Å². The Bertz CT molecular complexity index is 632. The summed E-state index contributed by atoms with van der Waals surface area (Å²) in [6, 6.07) is 5.78. The maximum atomic E-state index is 12.3. The molecule has 24 heavy (non-hydrogen) atoms. The zero-order chi connectivity index (χ0) is 17.1. The fourth-order valence-corrected chi connectivity index (χ4v) is 3.36. The minimum Gasteiger partial charge on any atom is -0.375 e. The molecule has 2 heterocycles. The third-order valence-corrected chi connectivity index (χ3v) is 4.81. The quantitative estimate of drug-likeness (QED) is 0.757. The molecule has 2 aliphatic rings. The first kappa shape index (κ1) is 16.9. The number of amides is 2. The second-order valence-electron chi connectivity index (χ2n) is 6.40. The van der Waals surface area contributed by atoms with Gasteiger partial charge in [-0.25, -0.2) is 0 Å². The minimum atomic E-state index is -0.324. The minimum absolute atomic E-state index is 0.0139. The van der Waals surface area contributed by atoms with E-state index in [0.717, 1.165) is 17.7 Å².